The molecule has 0 aromatic carbocycles. The van der Waals surface area contributed by atoms with Crippen LogP contribution in [-0.2, 0) is 4.79 Å². The number of nitrogens with one attached hydrogen (secondary N) is 3. The van der Waals surface area contributed by atoms with Crippen molar-refractivity contribution < 1.29 is 4.79 Å². The van der Waals surface area contributed by atoms with Gasteiger partial charge in [0.25, 0.3) is 0 Å². The molecule has 9 nitrogen and oxygen atoms in total. The van der Waals surface area contributed by atoms with Crippen molar-refractivity contribution in [2.24, 2.45) is 0 Å². The number of H-pyrrole nitrogens is 2. The SMILES string of the molecule is CCC(=O)Nc1cncc(-c2cc3c(-c4cc5c(-c6ccncc6)ccnc5[nH]4)n[nH]c3cn2)c1. The molecule has 6 aromatic heterocycles. The number of carbonyl (C=O) groups is 1. The molecule has 0 spiro atoms. The number of aromatic amines is 2. The van der Waals surface area contributed by atoms with E-state index in [1.807, 2.05) is 37.3 Å². The number of pyridine rings is 4. The number of nitrogens with zero attached hydrogens (tertiary/aromatic N) is 5. The zero-order valence-electron chi connectivity index (χ0n) is 18.8. The van der Waals surface area contributed by atoms with Crippen LogP contribution in [0.3, 0.4) is 0 Å². The first-order chi connectivity index (χ1) is 17.2. The number of rotatable bonds is 5. The van der Waals surface area contributed by atoms with Gasteiger partial charge in [-0.1, -0.05) is 6.92 Å². The number of hydrogen-bond acceptors (Lipinski definition) is 6. The van der Waals surface area contributed by atoms with Gasteiger partial charge in [-0.2, -0.15) is 5.10 Å². The van der Waals surface area contributed by atoms with Gasteiger partial charge in [0.2, 0.25) is 5.91 Å². The first kappa shape index (κ1) is 20.7. The van der Waals surface area contributed by atoms with Crippen LogP contribution in [0.1, 0.15) is 13.3 Å². The summed E-state index contributed by atoms with van der Waals surface area (Å²) in [5, 5.41) is 12.4. The third-order valence-electron chi connectivity index (χ3n) is 5.86. The van der Waals surface area contributed by atoms with E-state index >= 15 is 0 Å². The maximum atomic E-state index is 11.8. The second-order valence-corrected chi connectivity index (χ2v) is 8.09. The molecule has 0 aliphatic rings. The molecule has 0 radical (unpaired) electrons. The van der Waals surface area contributed by atoms with Crippen molar-refractivity contribution in [3.8, 4) is 33.8 Å². The second-order valence-electron chi connectivity index (χ2n) is 8.09. The van der Waals surface area contributed by atoms with Crippen LogP contribution in [0.25, 0.3) is 55.7 Å². The highest BCUT2D eigenvalue weighted by Crippen LogP contribution is 2.34. The first-order valence-electron chi connectivity index (χ1n) is 11.2. The van der Waals surface area contributed by atoms with Crippen molar-refractivity contribution >= 4 is 33.5 Å². The van der Waals surface area contributed by atoms with Crippen molar-refractivity contribution in [1.82, 2.24) is 35.1 Å². The number of hydrogen-bond donors (Lipinski definition) is 3. The van der Waals surface area contributed by atoms with Crippen LogP contribution >= 0.6 is 0 Å². The molecule has 0 fully saturated rings. The Morgan fingerprint density at radius 1 is 0.914 bits per heavy atom. The molecular formula is C26H20N8O. The summed E-state index contributed by atoms with van der Waals surface area (Å²) in [6.45, 7) is 1.81. The van der Waals surface area contributed by atoms with E-state index in [0.29, 0.717) is 12.1 Å². The highest BCUT2D eigenvalue weighted by molar-refractivity contribution is 6.00. The Morgan fingerprint density at radius 2 is 1.80 bits per heavy atom. The molecule has 9 heteroatoms. The van der Waals surface area contributed by atoms with Crippen molar-refractivity contribution in [2.45, 2.75) is 13.3 Å². The lowest BCUT2D eigenvalue weighted by atomic mass is 10.0. The molecule has 35 heavy (non-hydrogen) atoms. The van der Waals surface area contributed by atoms with E-state index in [4.69, 9.17) is 0 Å². The van der Waals surface area contributed by atoms with Crippen molar-refractivity contribution in [1.29, 1.82) is 0 Å². The Balaban J connectivity index is 1.43. The summed E-state index contributed by atoms with van der Waals surface area (Å²) >= 11 is 0. The van der Waals surface area contributed by atoms with Crippen molar-refractivity contribution in [3.63, 3.8) is 0 Å². The van der Waals surface area contributed by atoms with E-state index in [0.717, 1.165) is 55.7 Å². The van der Waals surface area contributed by atoms with E-state index in [2.05, 4.69) is 46.5 Å². The van der Waals surface area contributed by atoms with Crippen LogP contribution in [0.2, 0.25) is 0 Å². The number of aromatic nitrogens is 7. The molecule has 0 aliphatic carbocycles. The zero-order chi connectivity index (χ0) is 23.8. The molecule has 3 N–H and O–H groups in total. The Hall–Kier alpha value is -4.92. The molecule has 170 valence electrons. The van der Waals surface area contributed by atoms with E-state index in [1.54, 1.807) is 37.2 Å². The summed E-state index contributed by atoms with van der Waals surface area (Å²) in [5.74, 6) is -0.0666. The predicted molar refractivity (Wildman–Crippen MR) is 134 cm³/mol. The number of fused-ring (bicyclic) bond motifs is 2. The second kappa shape index (κ2) is 8.45. The van der Waals surface area contributed by atoms with Crippen LogP contribution < -0.4 is 5.32 Å². The van der Waals surface area contributed by atoms with Gasteiger partial charge in [-0.25, -0.2) is 4.98 Å². The lowest BCUT2D eigenvalue weighted by Gasteiger charge is -2.06. The fraction of sp³-hybridized carbons (Fsp3) is 0.0769. The minimum Gasteiger partial charge on any atom is -0.338 e. The van der Waals surface area contributed by atoms with Gasteiger partial charge in [-0.3, -0.25) is 24.8 Å². The maximum absolute atomic E-state index is 11.8. The quantitative estimate of drug-likeness (QED) is 0.333. The number of carbonyl (C=O) groups excluding carboxylic acids is 1. The minimum absolute atomic E-state index is 0.0666. The highest BCUT2D eigenvalue weighted by atomic mass is 16.1. The lowest BCUT2D eigenvalue weighted by molar-refractivity contribution is -0.115. The van der Waals surface area contributed by atoms with Gasteiger partial charge in [-0.05, 0) is 47.5 Å². The maximum Gasteiger partial charge on any atom is 0.224 e. The fourth-order valence-electron chi connectivity index (χ4n) is 4.12. The normalized spacial score (nSPS) is 11.2. The van der Waals surface area contributed by atoms with E-state index in [1.165, 1.54) is 0 Å². The van der Waals surface area contributed by atoms with Crippen LogP contribution in [0.4, 0.5) is 5.69 Å². The molecule has 0 aliphatic heterocycles. The Kier molecular flexibility index (Phi) is 4.99. The van der Waals surface area contributed by atoms with Gasteiger partial charge < -0.3 is 10.3 Å². The predicted octanol–water partition coefficient (Wildman–Crippen LogP) is 4.97. The Bertz CT molecular complexity index is 1690. The molecule has 0 saturated heterocycles. The summed E-state index contributed by atoms with van der Waals surface area (Å²) < 4.78 is 0. The van der Waals surface area contributed by atoms with Crippen molar-refractivity contribution in [2.75, 3.05) is 5.32 Å². The van der Waals surface area contributed by atoms with Crippen LogP contribution in [0.5, 0.6) is 0 Å². The van der Waals surface area contributed by atoms with Gasteiger partial charge in [-0.15, -0.1) is 0 Å². The smallest absolute Gasteiger partial charge is 0.224 e. The third kappa shape index (κ3) is 3.78. The van der Waals surface area contributed by atoms with Crippen molar-refractivity contribution in [3.05, 3.63) is 73.6 Å². The molecular weight excluding hydrogens is 440 g/mol. The van der Waals surface area contributed by atoms with Crippen LogP contribution in [0, 0.1) is 0 Å². The average molecular weight is 461 g/mol. The van der Waals surface area contributed by atoms with E-state index in [-0.39, 0.29) is 5.91 Å². The zero-order valence-corrected chi connectivity index (χ0v) is 18.8. The Labute approximate surface area is 199 Å². The van der Waals surface area contributed by atoms with Gasteiger partial charge in [0.15, 0.2) is 0 Å². The summed E-state index contributed by atoms with van der Waals surface area (Å²) in [7, 11) is 0. The van der Waals surface area contributed by atoms with E-state index in [9.17, 15) is 4.79 Å². The number of amides is 1. The summed E-state index contributed by atoms with van der Waals surface area (Å²) in [4.78, 5) is 32.7. The van der Waals surface area contributed by atoms with Gasteiger partial charge >= 0.3 is 0 Å². The molecule has 6 aromatic rings. The molecule has 0 atom stereocenters. The number of anilines is 1. The average Bonchev–Trinajstić information content (AvgIpc) is 3.53. The minimum atomic E-state index is -0.0666. The largest absolute Gasteiger partial charge is 0.338 e. The lowest BCUT2D eigenvalue weighted by Crippen LogP contribution is -2.09. The molecule has 0 unspecified atom stereocenters. The Morgan fingerprint density at radius 3 is 2.66 bits per heavy atom. The van der Waals surface area contributed by atoms with E-state index < -0.39 is 0 Å². The summed E-state index contributed by atoms with van der Waals surface area (Å²) in [5.41, 5.74) is 7.51. The molecule has 0 bridgehead atoms. The molecule has 0 saturated carbocycles. The van der Waals surface area contributed by atoms with Gasteiger partial charge in [0.1, 0.15) is 11.3 Å². The third-order valence-corrected chi connectivity index (χ3v) is 5.86. The van der Waals surface area contributed by atoms with Gasteiger partial charge in [0, 0.05) is 47.5 Å². The highest BCUT2D eigenvalue weighted by Gasteiger charge is 2.15. The fourth-order valence-corrected chi connectivity index (χ4v) is 4.12. The molecule has 1 amide bonds. The summed E-state index contributed by atoms with van der Waals surface area (Å²) in [6, 6.07) is 11.9. The summed E-state index contributed by atoms with van der Waals surface area (Å²) in [6.07, 6.45) is 10.8. The molecule has 6 rings (SSSR count). The molecule has 6 heterocycles. The van der Waals surface area contributed by atoms with Gasteiger partial charge in [0.05, 0.1) is 35.0 Å². The monoisotopic (exact) mass is 460 g/mol. The van der Waals surface area contributed by atoms with Crippen LogP contribution in [-0.4, -0.2) is 41.0 Å². The standard InChI is InChI=1S/C26H20N8O/c1-2-24(35)31-17-9-16(12-28-13-17)21-11-20-23(14-30-21)33-34-25(20)22-10-19-18(5-8-29-26(19)32-22)15-3-6-27-7-4-15/h3-14H,2H2,1H3,(H,29,32)(H,31,35)(H,33,34). The topological polar surface area (TPSA) is 125 Å². The van der Waals surface area contributed by atoms with Crippen LogP contribution in [0.15, 0.2) is 73.6 Å². The first-order valence-corrected chi connectivity index (χ1v) is 11.2.